The van der Waals surface area contributed by atoms with Gasteiger partial charge in [0.2, 0.25) is 5.91 Å². The molecule has 0 saturated carbocycles. The third kappa shape index (κ3) is 2.87. The van der Waals surface area contributed by atoms with Crippen LogP contribution in [0.3, 0.4) is 0 Å². The quantitative estimate of drug-likeness (QED) is 0.852. The number of benzene rings is 1. The van der Waals surface area contributed by atoms with Gasteiger partial charge in [-0.2, -0.15) is 0 Å². The fraction of sp³-hybridized carbons (Fsp3) is 0.611. The third-order valence-corrected chi connectivity index (χ3v) is 5.26. The molecule has 1 spiro atoms. The van der Waals surface area contributed by atoms with Crippen LogP contribution in [0.4, 0.5) is 8.78 Å². The van der Waals surface area contributed by atoms with Gasteiger partial charge in [-0.25, -0.2) is 8.78 Å². The summed E-state index contributed by atoms with van der Waals surface area (Å²) in [5.74, 6) is -0.682. The van der Waals surface area contributed by atoms with Crippen molar-refractivity contribution in [3.63, 3.8) is 0 Å². The van der Waals surface area contributed by atoms with Crippen LogP contribution in [0.25, 0.3) is 0 Å². The van der Waals surface area contributed by atoms with Gasteiger partial charge in [0, 0.05) is 24.7 Å². The van der Waals surface area contributed by atoms with Gasteiger partial charge in [-0.1, -0.05) is 0 Å². The van der Waals surface area contributed by atoms with E-state index in [0.29, 0.717) is 12.1 Å². The van der Waals surface area contributed by atoms with Gasteiger partial charge in [0.25, 0.3) is 0 Å². The second-order valence-electron chi connectivity index (χ2n) is 6.99. The maximum atomic E-state index is 14.0. The van der Waals surface area contributed by atoms with Crippen molar-refractivity contribution in [2.45, 2.75) is 57.7 Å². The fourth-order valence-electron chi connectivity index (χ4n) is 4.07. The van der Waals surface area contributed by atoms with Gasteiger partial charge >= 0.3 is 0 Å². The van der Waals surface area contributed by atoms with E-state index in [4.69, 9.17) is 0 Å². The first-order chi connectivity index (χ1) is 10.9. The highest BCUT2D eigenvalue weighted by Crippen LogP contribution is 2.39. The Balaban J connectivity index is 1.87. The Hall–Kier alpha value is -1.49. The summed E-state index contributed by atoms with van der Waals surface area (Å²) in [6, 6.07) is 3.71. The Morgan fingerprint density at radius 3 is 2.57 bits per heavy atom. The largest absolute Gasteiger partial charge is 0.339 e. The molecule has 1 aromatic rings. The minimum Gasteiger partial charge on any atom is -0.339 e. The molecule has 2 saturated heterocycles. The molecular weight excluding hydrogens is 298 g/mol. The lowest BCUT2D eigenvalue weighted by atomic mass is 9.84. The molecule has 2 aliphatic heterocycles. The second kappa shape index (κ2) is 6.19. The predicted octanol–water partition coefficient (Wildman–Crippen LogP) is 3.33. The first kappa shape index (κ1) is 16.4. The van der Waals surface area contributed by atoms with Crippen LogP contribution < -0.4 is 0 Å². The standard InChI is InChI=1S/C18H24F2N2O/c1-13(2)22-10-4-8-18(17(22)23)7-3-9-21(18)12-14-11-15(19)5-6-16(14)20/h5-6,11,13H,3-4,7-10,12H2,1-2H3. The second-order valence-corrected chi connectivity index (χ2v) is 6.99. The van der Waals surface area contributed by atoms with E-state index in [1.54, 1.807) is 0 Å². The molecule has 5 heteroatoms. The molecule has 0 bridgehead atoms. The maximum Gasteiger partial charge on any atom is 0.243 e. The van der Waals surface area contributed by atoms with Crippen molar-refractivity contribution >= 4 is 5.91 Å². The molecule has 0 radical (unpaired) electrons. The van der Waals surface area contributed by atoms with Crippen LogP contribution in [0.5, 0.6) is 0 Å². The van der Waals surface area contributed by atoms with E-state index in [0.717, 1.165) is 50.9 Å². The summed E-state index contributed by atoms with van der Waals surface area (Å²) in [4.78, 5) is 17.1. The number of hydrogen-bond acceptors (Lipinski definition) is 2. The fourth-order valence-corrected chi connectivity index (χ4v) is 4.07. The van der Waals surface area contributed by atoms with Crippen molar-refractivity contribution in [3.8, 4) is 0 Å². The van der Waals surface area contributed by atoms with E-state index in [2.05, 4.69) is 4.90 Å². The van der Waals surface area contributed by atoms with Gasteiger partial charge in [-0.3, -0.25) is 9.69 Å². The van der Waals surface area contributed by atoms with Crippen molar-refractivity contribution in [1.29, 1.82) is 0 Å². The molecule has 23 heavy (non-hydrogen) atoms. The zero-order chi connectivity index (χ0) is 16.6. The minimum absolute atomic E-state index is 0.160. The third-order valence-electron chi connectivity index (χ3n) is 5.26. The summed E-state index contributed by atoms with van der Waals surface area (Å²) in [7, 11) is 0. The number of hydrogen-bond donors (Lipinski definition) is 0. The van der Waals surface area contributed by atoms with E-state index >= 15 is 0 Å². The van der Waals surface area contributed by atoms with Gasteiger partial charge in [-0.05, 0) is 64.3 Å². The number of carbonyl (C=O) groups excluding carboxylic acids is 1. The number of nitrogens with zero attached hydrogens (tertiary/aromatic N) is 2. The van der Waals surface area contributed by atoms with E-state index < -0.39 is 17.2 Å². The van der Waals surface area contributed by atoms with Gasteiger partial charge in [-0.15, -0.1) is 0 Å². The highest BCUT2D eigenvalue weighted by molar-refractivity contribution is 5.87. The molecule has 126 valence electrons. The summed E-state index contributed by atoms with van der Waals surface area (Å²) in [6.45, 7) is 5.90. The van der Waals surface area contributed by atoms with Crippen LogP contribution in [0, 0.1) is 11.6 Å². The van der Waals surface area contributed by atoms with Crippen molar-refractivity contribution in [3.05, 3.63) is 35.4 Å². The molecule has 0 aliphatic carbocycles. The van der Waals surface area contributed by atoms with Crippen molar-refractivity contribution in [1.82, 2.24) is 9.80 Å². The first-order valence-electron chi connectivity index (χ1n) is 8.44. The molecule has 1 aromatic carbocycles. The molecule has 0 N–H and O–H groups in total. The Labute approximate surface area is 136 Å². The van der Waals surface area contributed by atoms with Gasteiger partial charge in [0.15, 0.2) is 0 Å². The number of likely N-dealkylation sites (tertiary alicyclic amines) is 2. The normalized spacial score (nSPS) is 25.8. The molecule has 0 aromatic heterocycles. The van der Waals surface area contributed by atoms with Gasteiger partial charge in [0.1, 0.15) is 17.2 Å². The highest BCUT2D eigenvalue weighted by Gasteiger charge is 2.51. The lowest BCUT2D eigenvalue weighted by Gasteiger charge is -2.46. The topological polar surface area (TPSA) is 23.6 Å². The van der Waals surface area contributed by atoms with Crippen LogP contribution >= 0.6 is 0 Å². The Kier molecular flexibility index (Phi) is 4.41. The van der Waals surface area contributed by atoms with Gasteiger partial charge < -0.3 is 4.90 Å². The summed E-state index contributed by atoms with van der Waals surface area (Å²) in [5, 5.41) is 0. The van der Waals surface area contributed by atoms with Gasteiger partial charge in [0.05, 0.1) is 0 Å². The lowest BCUT2D eigenvalue weighted by Crippen LogP contribution is -2.61. The number of carbonyl (C=O) groups is 1. The zero-order valence-corrected chi connectivity index (χ0v) is 13.8. The number of halogens is 2. The minimum atomic E-state index is -0.527. The predicted molar refractivity (Wildman–Crippen MR) is 84.8 cm³/mol. The first-order valence-corrected chi connectivity index (χ1v) is 8.44. The average Bonchev–Trinajstić information content (AvgIpc) is 2.89. The van der Waals surface area contributed by atoms with Crippen molar-refractivity contribution < 1.29 is 13.6 Å². The maximum absolute atomic E-state index is 14.0. The number of amides is 1. The van der Waals surface area contributed by atoms with Crippen molar-refractivity contribution in [2.75, 3.05) is 13.1 Å². The molecule has 3 rings (SSSR count). The molecule has 1 atom stereocenters. The molecule has 3 nitrogen and oxygen atoms in total. The zero-order valence-electron chi connectivity index (χ0n) is 13.8. The SMILES string of the molecule is CC(C)N1CCCC2(CCCN2Cc2cc(F)ccc2F)C1=O. The van der Waals surface area contributed by atoms with Crippen molar-refractivity contribution in [2.24, 2.45) is 0 Å². The van der Waals surface area contributed by atoms with E-state index in [1.165, 1.54) is 6.07 Å². The molecule has 1 amide bonds. The van der Waals surface area contributed by atoms with Crippen LogP contribution in [0.15, 0.2) is 18.2 Å². The van der Waals surface area contributed by atoms with E-state index in [9.17, 15) is 13.6 Å². The monoisotopic (exact) mass is 322 g/mol. The number of rotatable bonds is 3. The average molecular weight is 322 g/mol. The van der Waals surface area contributed by atoms with E-state index in [-0.39, 0.29) is 11.9 Å². The number of piperidine rings is 1. The van der Waals surface area contributed by atoms with Crippen LogP contribution in [0.2, 0.25) is 0 Å². The highest BCUT2D eigenvalue weighted by atomic mass is 19.1. The molecule has 2 aliphatic rings. The lowest BCUT2D eigenvalue weighted by molar-refractivity contribution is -0.149. The molecular formula is C18H24F2N2O. The Morgan fingerprint density at radius 1 is 1.17 bits per heavy atom. The summed E-state index contributed by atoms with van der Waals surface area (Å²) >= 11 is 0. The molecule has 2 fully saturated rings. The Bertz CT molecular complexity index is 605. The van der Waals surface area contributed by atoms with E-state index in [1.807, 2.05) is 18.7 Å². The summed E-state index contributed by atoms with van der Waals surface area (Å²) in [6.07, 6.45) is 3.51. The van der Waals surface area contributed by atoms with Crippen LogP contribution in [-0.2, 0) is 11.3 Å². The molecule has 2 heterocycles. The van der Waals surface area contributed by atoms with Crippen LogP contribution in [0.1, 0.15) is 45.1 Å². The molecule has 1 unspecified atom stereocenters. The smallest absolute Gasteiger partial charge is 0.243 e. The summed E-state index contributed by atoms with van der Waals surface area (Å²) < 4.78 is 27.4. The Morgan fingerprint density at radius 2 is 1.87 bits per heavy atom. The summed E-state index contributed by atoms with van der Waals surface area (Å²) in [5.41, 5.74) is -0.192. The van der Waals surface area contributed by atoms with Crippen LogP contribution in [-0.4, -0.2) is 40.4 Å².